The molecule has 2 rings (SSSR count). The Balaban J connectivity index is 2.25. The molecular weight excluding hydrogens is 294 g/mol. The predicted molar refractivity (Wildman–Crippen MR) is 88.4 cm³/mol. The smallest absolute Gasteiger partial charge is 0.259 e. The van der Waals surface area contributed by atoms with Crippen LogP contribution >= 0.6 is 0 Å². The highest BCUT2D eigenvalue weighted by molar-refractivity contribution is 6.05. The average molecular weight is 315 g/mol. The topological polar surface area (TPSA) is 73.3 Å². The SMILES string of the molecule is COc1ccc(NC(=O)c2cnc(C(C)C)nc2C)c(OC)c1. The fraction of sp³-hybridized carbons (Fsp3) is 0.353. The summed E-state index contributed by atoms with van der Waals surface area (Å²) in [6.45, 7) is 5.82. The number of hydrogen-bond donors (Lipinski definition) is 1. The molecule has 0 aliphatic heterocycles. The van der Waals surface area contributed by atoms with Crippen LogP contribution in [0.5, 0.6) is 11.5 Å². The lowest BCUT2D eigenvalue weighted by molar-refractivity contribution is 0.102. The van der Waals surface area contributed by atoms with Crippen LogP contribution in [0.25, 0.3) is 0 Å². The molecule has 122 valence electrons. The van der Waals surface area contributed by atoms with Gasteiger partial charge in [0.15, 0.2) is 0 Å². The van der Waals surface area contributed by atoms with E-state index in [0.29, 0.717) is 28.4 Å². The number of anilines is 1. The number of benzene rings is 1. The molecule has 0 aliphatic carbocycles. The van der Waals surface area contributed by atoms with Crippen molar-refractivity contribution in [3.05, 3.63) is 41.5 Å². The predicted octanol–water partition coefficient (Wildman–Crippen LogP) is 3.18. The molecule has 6 nitrogen and oxygen atoms in total. The average Bonchev–Trinajstić information content (AvgIpc) is 2.54. The summed E-state index contributed by atoms with van der Waals surface area (Å²) in [6.07, 6.45) is 1.56. The van der Waals surface area contributed by atoms with Crippen LogP contribution in [0.1, 0.15) is 41.6 Å². The third-order valence-corrected chi connectivity index (χ3v) is 3.42. The monoisotopic (exact) mass is 315 g/mol. The van der Waals surface area contributed by atoms with Gasteiger partial charge in [0.1, 0.15) is 17.3 Å². The van der Waals surface area contributed by atoms with Crippen molar-refractivity contribution in [1.82, 2.24) is 9.97 Å². The standard InChI is InChI=1S/C17H21N3O3/c1-10(2)16-18-9-13(11(3)19-16)17(21)20-14-7-6-12(22-4)8-15(14)23-5/h6-10H,1-5H3,(H,20,21). The third-order valence-electron chi connectivity index (χ3n) is 3.42. The Morgan fingerprint density at radius 1 is 1.22 bits per heavy atom. The van der Waals surface area contributed by atoms with E-state index in [4.69, 9.17) is 9.47 Å². The lowest BCUT2D eigenvalue weighted by atomic mass is 10.1. The number of methoxy groups -OCH3 is 2. The number of amides is 1. The van der Waals surface area contributed by atoms with Crippen LogP contribution in [-0.4, -0.2) is 30.1 Å². The second kappa shape index (κ2) is 7.09. The Kier molecular flexibility index (Phi) is 5.16. The minimum absolute atomic E-state index is 0.215. The second-order valence-corrected chi connectivity index (χ2v) is 5.40. The number of ether oxygens (including phenoxy) is 2. The lowest BCUT2D eigenvalue weighted by Gasteiger charge is -2.13. The highest BCUT2D eigenvalue weighted by Crippen LogP contribution is 2.29. The second-order valence-electron chi connectivity index (χ2n) is 5.40. The zero-order valence-electron chi connectivity index (χ0n) is 14.0. The van der Waals surface area contributed by atoms with Crippen LogP contribution in [0.3, 0.4) is 0 Å². The van der Waals surface area contributed by atoms with E-state index in [1.165, 1.54) is 7.11 Å². The Hall–Kier alpha value is -2.63. The Labute approximate surface area is 135 Å². The first-order chi connectivity index (χ1) is 11.0. The lowest BCUT2D eigenvalue weighted by Crippen LogP contribution is -2.16. The molecule has 1 amide bonds. The summed E-state index contributed by atoms with van der Waals surface area (Å²) in [4.78, 5) is 21.1. The number of carbonyl (C=O) groups is 1. The minimum atomic E-state index is -0.277. The molecule has 0 atom stereocenters. The van der Waals surface area contributed by atoms with Crippen molar-refractivity contribution >= 4 is 11.6 Å². The molecule has 6 heteroatoms. The van der Waals surface area contributed by atoms with Gasteiger partial charge in [-0.1, -0.05) is 13.8 Å². The highest BCUT2D eigenvalue weighted by Gasteiger charge is 2.15. The van der Waals surface area contributed by atoms with Gasteiger partial charge in [-0.05, 0) is 19.1 Å². The molecule has 0 aliphatic rings. The van der Waals surface area contributed by atoms with E-state index in [1.807, 2.05) is 13.8 Å². The molecule has 0 saturated carbocycles. The Morgan fingerprint density at radius 3 is 2.52 bits per heavy atom. The summed E-state index contributed by atoms with van der Waals surface area (Å²) in [5.74, 6) is 1.84. The quantitative estimate of drug-likeness (QED) is 0.917. The number of aryl methyl sites for hydroxylation is 1. The van der Waals surface area contributed by atoms with Gasteiger partial charge >= 0.3 is 0 Å². The van der Waals surface area contributed by atoms with E-state index >= 15 is 0 Å². The van der Waals surface area contributed by atoms with Gasteiger partial charge in [-0.15, -0.1) is 0 Å². The summed E-state index contributed by atoms with van der Waals surface area (Å²) in [6, 6.07) is 5.19. The summed E-state index contributed by atoms with van der Waals surface area (Å²) >= 11 is 0. The minimum Gasteiger partial charge on any atom is -0.497 e. The molecule has 0 radical (unpaired) electrons. The molecule has 0 spiro atoms. The zero-order valence-corrected chi connectivity index (χ0v) is 14.0. The number of nitrogens with zero attached hydrogens (tertiary/aromatic N) is 2. The Bertz CT molecular complexity index is 714. The van der Waals surface area contributed by atoms with E-state index in [9.17, 15) is 4.79 Å². The number of hydrogen-bond acceptors (Lipinski definition) is 5. The fourth-order valence-electron chi connectivity index (χ4n) is 2.08. The normalized spacial score (nSPS) is 10.5. The molecule has 0 fully saturated rings. The van der Waals surface area contributed by atoms with Crippen LogP contribution in [0.2, 0.25) is 0 Å². The van der Waals surface area contributed by atoms with Crippen LogP contribution in [0, 0.1) is 6.92 Å². The summed E-state index contributed by atoms with van der Waals surface area (Å²) in [5, 5.41) is 2.82. The first-order valence-corrected chi connectivity index (χ1v) is 7.33. The highest BCUT2D eigenvalue weighted by atomic mass is 16.5. The zero-order chi connectivity index (χ0) is 17.0. The number of nitrogens with one attached hydrogen (secondary N) is 1. The van der Waals surface area contributed by atoms with Gasteiger partial charge in [0, 0.05) is 18.2 Å². The van der Waals surface area contributed by atoms with Crippen molar-refractivity contribution in [2.24, 2.45) is 0 Å². The molecule has 1 heterocycles. The summed E-state index contributed by atoms with van der Waals surface area (Å²) in [5.41, 5.74) is 1.64. The van der Waals surface area contributed by atoms with E-state index in [-0.39, 0.29) is 11.8 Å². The molecule has 0 unspecified atom stereocenters. The van der Waals surface area contributed by atoms with Crippen molar-refractivity contribution in [3.8, 4) is 11.5 Å². The van der Waals surface area contributed by atoms with Crippen LogP contribution in [0.4, 0.5) is 5.69 Å². The van der Waals surface area contributed by atoms with E-state index in [1.54, 1.807) is 38.4 Å². The van der Waals surface area contributed by atoms with Crippen molar-refractivity contribution in [1.29, 1.82) is 0 Å². The van der Waals surface area contributed by atoms with Crippen molar-refractivity contribution in [2.45, 2.75) is 26.7 Å². The molecule has 1 N–H and O–H groups in total. The Morgan fingerprint density at radius 2 is 1.96 bits per heavy atom. The largest absolute Gasteiger partial charge is 0.497 e. The van der Waals surface area contributed by atoms with Crippen LogP contribution in [0.15, 0.2) is 24.4 Å². The first kappa shape index (κ1) is 16.7. The summed E-state index contributed by atoms with van der Waals surface area (Å²) in [7, 11) is 3.11. The summed E-state index contributed by atoms with van der Waals surface area (Å²) < 4.78 is 10.4. The van der Waals surface area contributed by atoms with Crippen molar-refractivity contribution in [2.75, 3.05) is 19.5 Å². The van der Waals surface area contributed by atoms with Crippen molar-refractivity contribution in [3.63, 3.8) is 0 Å². The maximum absolute atomic E-state index is 12.5. The molecule has 1 aromatic heterocycles. The molecule has 23 heavy (non-hydrogen) atoms. The van der Waals surface area contributed by atoms with Gasteiger partial charge in [0.2, 0.25) is 0 Å². The van der Waals surface area contributed by atoms with Gasteiger partial charge in [0.05, 0.1) is 31.2 Å². The van der Waals surface area contributed by atoms with E-state index < -0.39 is 0 Å². The number of rotatable bonds is 5. The van der Waals surface area contributed by atoms with Gasteiger partial charge in [0.25, 0.3) is 5.91 Å². The first-order valence-electron chi connectivity index (χ1n) is 7.33. The molecule has 0 bridgehead atoms. The number of aromatic nitrogens is 2. The molecule has 1 aromatic carbocycles. The maximum Gasteiger partial charge on any atom is 0.259 e. The van der Waals surface area contributed by atoms with Gasteiger partial charge in [-0.25, -0.2) is 9.97 Å². The van der Waals surface area contributed by atoms with Gasteiger partial charge in [-0.3, -0.25) is 4.79 Å². The van der Waals surface area contributed by atoms with Crippen LogP contribution in [-0.2, 0) is 0 Å². The molecule has 0 saturated heterocycles. The molecule has 2 aromatic rings. The van der Waals surface area contributed by atoms with E-state index in [2.05, 4.69) is 15.3 Å². The van der Waals surface area contributed by atoms with Gasteiger partial charge in [-0.2, -0.15) is 0 Å². The third kappa shape index (κ3) is 3.77. The fourth-order valence-corrected chi connectivity index (χ4v) is 2.08. The maximum atomic E-state index is 12.5. The molecular formula is C17H21N3O3. The number of carbonyl (C=O) groups excluding carboxylic acids is 1. The van der Waals surface area contributed by atoms with Crippen molar-refractivity contribution < 1.29 is 14.3 Å². The van der Waals surface area contributed by atoms with E-state index in [0.717, 1.165) is 5.82 Å². The van der Waals surface area contributed by atoms with Crippen LogP contribution < -0.4 is 14.8 Å². The van der Waals surface area contributed by atoms with Gasteiger partial charge < -0.3 is 14.8 Å².